The number of benzene rings is 2. The molecule has 10 heteroatoms. The van der Waals surface area contributed by atoms with Gasteiger partial charge in [-0.3, -0.25) is 4.98 Å². The lowest BCUT2D eigenvalue weighted by Crippen LogP contribution is -2.42. The molecular formula is C28H28ClFN8. The Labute approximate surface area is 226 Å². The molecule has 2 aliphatic carbocycles. The predicted octanol–water partition coefficient (Wildman–Crippen LogP) is 5.71. The van der Waals surface area contributed by atoms with Crippen molar-refractivity contribution in [2.24, 2.45) is 5.73 Å². The molecule has 2 aromatic heterocycles. The summed E-state index contributed by atoms with van der Waals surface area (Å²) >= 11 is 6.72. The summed E-state index contributed by atoms with van der Waals surface area (Å²) < 4.78 is 25.1. The highest BCUT2D eigenvalue weighted by Gasteiger charge is 2.28. The van der Waals surface area contributed by atoms with Crippen molar-refractivity contribution in [1.82, 2.24) is 20.0 Å². The summed E-state index contributed by atoms with van der Waals surface area (Å²) in [6.45, 7) is 0. The summed E-state index contributed by atoms with van der Waals surface area (Å²) in [4.78, 5) is 4.45. The van der Waals surface area contributed by atoms with Crippen LogP contribution in [0.25, 0.3) is 10.9 Å². The van der Waals surface area contributed by atoms with Gasteiger partial charge in [-0.1, -0.05) is 41.8 Å². The molecule has 0 spiro atoms. The van der Waals surface area contributed by atoms with Crippen molar-refractivity contribution in [3.8, 4) is 6.07 Å². The number of nitriles is 1. The van der Waals surface area contributed by atoms with Gasteiger partial charge in [-0.15, -0.1) is 5.10 Å². The highest BCUT2D eigenvalue weighted by molar-refractivity contribution is 6.35. The van der Waals surface area contributed by atoms with Crippen molar-refractivity contribution in [2.75, 3.05) is 10.6 Å². The van der Waals surface area contributed by atoms with Crippen LogP contribution < -0.4 is 16.4 Å². The Bertz CT molecular complexity index is 1560. The first kappa shape index (κ1) is 23.4. The van der Waals surface area contributed by atoms with Crippen LogP contribution in [0.2, 0.25) is 5.02 Å². The first-order valence-corrected chi connectivity index (χ1v) is 13.2. The van der Waals surface area contributed by atoms with Gasteiger partial charge in [0.25, 0.3) is 0 Å². The average Bonchev–Trinajstić information content (AvgIpc) is 3.66. The molecule has 0 bridgehead atoms. The monoisotopic (exact) mass is 531 g/mol. The van der Waals surface area contributed by atoms with Crippen molar-refractivity contribution >= 4 is 33.9 Å². The Balaban J connectivity index is 1.45. The van der Waals surface area contributed by atoms with Crippen LogP contribution in [0.1, 0.15) is 68.8 Å². The molecule has 4 N–H and O–H groups in total. The second kappa shape index (κ2) is 10.2. The molecular weight excluding hydrogens is 503 g/mol. The minimum Gasteiger partial charge on any atom is -0.379 e. The minimum absolute atomic E-state index is 0.0128. The second-order valence-corrected chi connectivity index (χ2v) is 10.4. The number of rotatable bonds is 7. The van der Waals surface area contributed by atoms with Crippen molar-refractivity contribution in [3.63, 3.8) is 0 Å². The number of aromatic nitrogens is 4. The van der Waals surface area contributed by atoms with Gasteiger partial charge in [0.15, 0.2) is 0 Å². The number of halogens is 2. The molecule has 8 nitrogen and oxygen atoms in total. The summed E-state index contributed by atoms with van der Waals surface area (Å²) in [7, 11) is 0. The Kier molecular flexibility index (Phi) is 6.27. The molecule has 0 aliphatic heterocycles. The molecule has 0 amide bonds. The van der Waals surface area contributed by atoms with Crippen molar-refractivity contribution < 1.29 is 5.76 Å². The van der Waals surface area contributed by atoms with Gasteiger partial charge >= 0.3 is 0 Å². The molecule has 6 rings (SSSR count). The van der Waals surface area contributed by atoms with Crippen LogP contribution in [0, 0.1) is 17.1 Å². The van der Waals surface area contributed by atoms with E-state index in [9.17, 15) is 11.0 Å². The molecule has 0 saturated heterocycles. The normalized spacial score (nSPS) is 21.4. The van der Waals surface area contributed by atoms with E-state index in [1.54, 1.807) is 29.1 Å². The molecule has 3 atom stereocenters. The molecule has 2 fully saturated rings. The molecule has 2 heterocycles. The third-order valence-corrected chi connectivity index (χ3v) is 7.57. The minimum atomic E-state index is -1.60. The van der Waals surface area contributed by atoms with Gasteiger partial charge in [0.1, 0.15) is 17.6 Å². The maximum absolute atomic E-state index is 13.8. The fraction of sp³-hybridized carbons (Fsp3) is 0.357. The lowest BCUT2D eigenvalue weighted by Gasteiger charge is -2.31. The van der Waals surface area contributed by atoms with Crippen LogP contribution in [-0.2, 0) is 0 Å². The number of anilines is 2. The number of fused-ring (bicyclic) bond motifs is 1. The predicted molar refractivity (Wildman–Crippen MR) is 145 cm³/mol. The van der Waals surface area contributed by atoms with Gasteiger partial charge in [-0.05, 0) is 55.5 Å². The van der Waals surface area contributed by atoms with E-state index in [1.807, 2.05) is 6.07 Å². The summed E-state index contributed by atoms with van der Waals surface area (Å²) in [6.07, 6.45) is 9.28. The van der Waals surface area contributed by atoms with E-state index in [-0.39, 0.29) is 18.1 Å². The third kappa shape index (κ3) is 4.89. The van der Waals surface area contributed by atoms with Crippen molar-refractivity contribution in [3.05, 3.63) is 76.5 Å². The van der Waals surface area contributed by atoms with Crippen molar-refractivity contribution in [1.29, 1.82) is 5.26 Å². The van der Waals surface area contributed by atoms with Crippen molar-refractivity contribution in [2.45, 2.75) is 62.7 Å². The maximum Gasteiger partial charge on any atom is 0.123 e. The Morgan fingerprint density at radius 2 is 1.97 bits per heavy atom. The topological polar surface area (TPSA) is 117 Å². The number of nitrogens with two attached hydrogens (primary N) is 1. The summed E-state index contributed by atoms with van der Waals surface area (Å²) in [5, 5.41) is 26.2. The van der Waals surface area contributed by atoms with Gasteiger partial charge in [0, 0.05) is 29.4 Å². The van der Waals surface area contributed by atoms with E-state index in [4.69, 9.17) is 17.3 Å². The van der Waals surface area contributed by atoms with Crippen LogP contribution in [0.5, 0.6) is 0 Å². The molecule has 2 aromatic carbocycles. The van der Waals surface area contributed by atoms with Gasteiger partial charge in [-0.2, -0.15) is 5.26 Å². The Morgan fingerprint density at radius 1 is 1.18 bits per heavy atom. The molecule has 194 valence electrons. The van der Waals surface area contributed by atoms with Crippen LogP contribution in [-0.4, -0.2) is 32.1 Å². The maximum atomic E-state index is 13.8. The molecule has 0 unspecified atom stereocenters. The van der Waals surface area contributed by atoms with Gasteiger partial charge in [-0.25, -0.2) is 9.07 Å². The standard InChI is InChI=1S/C28H28ClFN8/c29-22-12-19(11-21-26(17(13-31)14-33-28(21)22)35-24-4-2-1-3-23(24)32)34-27(16-5-7-18(30)8-6-16)25-15-38(37-36-25)20-9-10-20/h5-8,11-12,14-15,20,23-24,27,34H,1-4,9-10,32H2,(H,33,35)/t23-,24+,27-/m0/s1/i27D. The van der Waals surface area contributed by atoms with E-state index in [1.165, 1.54) is 18.3 Å². The highest BCUT2D eigenvalue weighted by atomic mass is 35.5. The average molecular weight is 532 g/mol. The molecule has 2 saturated carbocycles. The fourth-order valence-electron chi connectivity index (χ4n) is 5.05. The number of hydrogen-bond acceptors (Lipinski definition) is 7. The third-order valence-electron chi connectivity index (χ3n) is 7.28. The van der Waals surface area contributed by atoms with E-state index < -0.39 is 11.8 Å². The van der Waals surface area contributed by atoms with E-state index in [0.717, 1.165) is 38.5 Å². The zero-order chi connectivity index (χ0) is 27.1. The van der Waals surface area contributed by atoms with Crippen LogP contribution in [0.4, 0.5) is 15.8 Å². The van der Waals surface area contributed by atoms with E-state index >= 15 is 0 Å². The first-order chi connectivity index (χ1) is 18.9. The van der Waals surface area contributed by atoms with Crippen LogP contribution in [0.3, 0.4) is 0 Å². The zero-order valence-electron chi connectivity index (χ0n) is 21.7. The lowest BCUT2D eigenvalue weighted by atomic mass is 9.90. The summed E-state index contributed by atoms with van der Waals surface area (Å²) in [5.41, 5.74) is 9.31. The van der Waals surface area contributed by atoms with E-state index in [0.29, 0.717) is 44.1 Å². The van der Waals surface area contributed by atoms with E-state index in [2.05, 4.69) is 32.0 Å². The SMILES string of the molecule is [2H][C@](Nc1cc(Cl)c2ncc(C#N)c(N[C@@H]3CCCC[C@@H]3N)c2c1)(c1ccc(F)cc1)c1cn(C2CC2)nn1. The Hall–Kier alpha value is -3.74. The molecule has 38 heavy (non-hydrogen) atoms. The van der Waals surface area contributed by atoms with Gasteiger partial charge in [0.2, 0.25) is 0 Å². The smallest absolute Gasteiger partial charge is 0.123 e. The number of pyridine rings is 1. The molecule has 4 aromatic rings. The number of nitrogens with zero attached hydrogens (tertiary/aromatic N) is 5. The quantitative estimate of drug-likeness (QED) is 0.279. The number of hydrogen-bond donors (Lipinski definition) is 3. The lowest BCUT2D eigenvalue weighted by molar-refractivity contribution is 0.404. The second-order valence-electron chi connectivity index (χ2n) is 10.0. The summed E-state index contributed by atoms with van der Waals surface area (Å²) in [6, 6.07) is 10.2. The molecule has 2 aliphatic rings. The largest absolute Gasteiger partial charge is 0.379 e. The molecule has 0 radical (unpaired) electrons. The zero-order valence-corrected chi connectivity index (χ0v) is 21.4. The number of nitrogens with one attached hydrogen (secondary N) is 2. The van der Waals surface area contributed by atoms with Crippen LogP contribution in [0.15, 0.2) is 48.8 Å². The highest BCUT2D eigenvalue weighted by Crippen LogP contribution is 2.38. The van der Waals surface area contributed by atoms with Crippen LogP contribution >= 0.6 is 11.6 Å². The van der Waals surface area contributed by atoms with Gasteiger partial charge < -0.3 is 16.4 Å². The summed E-state index contributed by atoms with van der Waals surface area (Å²) in [5.74, 6) is -0.400. The van der Waals surface area contributed by atoms with Gasteiger partial charge in [0.05, 0.1) is 41.4 Å². The first-order valence-electron chi connectivity index (χ1n) is 13.4. The fourth-order valence-corrected chi connectivity index (χ4v) is 5.32. The Morgan fingerprint density at radius 3 is 2.71 bits per heavy atom.